The summed E-state index contributed by atoms with van der Waals surface area (Å²) in [5.74, 6) is -2.81. The molecule has 1 aromatic rings. The van der Waals surface area contributed by atoms with E-state index in [-0.39, 0.29) is 6.04 Å². The van der Waals surface area contributed by atoms with Crippen LogP contribution in [0, 0.1) is 11.6 Å². The smallest absolute Gasteiger partial charge is 0.187 e. The third kappa shape index (κ3) is 4.28. The van der Waals surface area contributed by atoms with Crippen molar-refractivity contribution in [2.45, 2.75) is 25.9 Å². The maximum absolute atomic E-state index is 13.0. The van der Waals surface area contributed by atoms with E-state index in [1.165, 1.54) is 0 Å². The summed E-state index contributed by atoms with van der Waals surface area (Å²) in [5, 5.41) is 12.0. The van der Waals surface area contributed by atoms with Gasteiger partial charge in [0.25, 0.3) is 0 Å². The first-order valence-electron chi connectivity index (χ1n) is 5.43. The highest BCUT2D eigenvalue weighted by Crippen LogP contribution is 2.21. The predicted molar refractivity (Wildman–Crippen MR) is 60.8 cm³/mol. The van der Waals surface area contributed by atoms with Gasteiger partial charge in [0.1, 0.15) is 0 Å². The predicted octanol–water partition coefficient (Wildman–Crippen LogP) is 2.18. The number of hydrogen-bond acceptors (Lipinski definition) is 3. The van der Waals surface area contributed by atoms with E-state index in [1.54, 1.807) is 7.11 Å². The molecule has 1 unspecified atom stereocenters. The molecule has 2 N–H and O–H groups in total. The van der Waals surface area contributed by atoms with Gasteiger partial charge in [0.05, 0.1) is 0 Å². The van der Waals surface area contributed by atoms with Crippen LogP contribution in [0.3, 0.4) is 0 Å². The van der Waals surface area contributed by atoms with Crippen molar-refractivity contribution in [1.29, 1.82) is 0 Å². The molecule has 0 aliphatic carbocycles. The molecule has 0 spiro atoms. The van der Waals surface area contributed by atoms with Crippen molar-refractivity contribution in [1.82, 2.24) is 5.32 Å². The highest BCUT2D eigenvalue weighted by molar-refractivity contribution is 5.29. The molecule has 0 aliphatic rings. The van der Waals surface area contributed by atoms with Crippen LogP contribution in [0.25, 0.3) is 0 Å². The molecule has 0 fully saturated rings. The van der Waals surface area contributed by atoms with Gasteiger partial charge in [-0.2, -0.15) is 0 Å². The molecular weight excluding hydrogens is 228 g/mol. The summed E-state index contributed by atoms with van der Waals surface area (Å²) < 4.78 is 31.0. The highest BCUT2D eigenvalue weighted by atomic mass is 19.1. The molecule has 0 saturated heterocycles. The van der Waals surface area contributed by atoms with Crippen LogP contribution in [0.2, 0.25) is 0 Å². The van der Waals surface area contributed by atoms with E-state index in [2.05, 4.69) is 5.32 Å². The highest BCUT2D eigenvalue weighted by Gasteiger charge is 2.10. The Bertz CT molecular complexity index is 349. The van der Waals surface area contributed by atoms with Crippen LogP contribution in [0.4, 0.5) is 8.78 Å². The third-order valence-corrected chi connectivity index (χ3v) is 2.49. The van der Waals surface area contributed by atoms with Crippen LogP contribution >= 0.6 is 0 Å². The fraction of sp³-hybridized carbons (Fsp3) is 0.500. The average Bonchev–Trinajstić information content (AvgIpc) is 2.30. The number of phenolic OH excluding ortho intramolecular Hbond substituents is 1. The summed E-state index contributed by atoms with van der Waals surface area (Å²) in [6, 6.07) is 2.43. The molecule has 0 aliphatic heterocycles. The number of halogens is 2. The summed E-state index contributed by atoms with van der Waals surface area (Å²) in [6.45, 7) is 2.94. The molecule has 1 rings (SSSR count). The van der Waals surface area contributed by atoms with Crippen LogP contribution in [0.15, 0.2) is 12.1 Å². The first-order valence-corrected chi connectivity index (χ1v) is 5.43. The number of benzene rings is 1. The maximum Gasteiger partial charge on any atom is 0.187 e. The zero-order chi connectivity index (χ0) is 12.8. The van der Waals surface area contributed by atoms with Crippen LogP contribution < -0.4 is 5.32 Å². The van der Waals surface area contributed by atoms with Gasteiger partial charge in [0.15, 0.2) is 17.4 Å². The normalized spacial score (nSPS) is 12.7. The standard InChI is InChI=1S/C12H17F2NO2/c1-8(3-4-17-2)15-7-9-5-10(13)12(16)11(14)6-9/h5-6,8,15-16H,3-4,7H2,1-2H3. The van der Waals surface area contributed by atoms with Gasteiger partial charge in [0, 0.05) is 26.3 Å². The molecule has 1 aromatic carbocycles. The minimum atomic E-state index is -0.939. The molecule has 0 aromatic heterocycles. The van der Waals surface area contributed by atoms with Crippen LogP contribution in [-0.2, 0) is 11.3 Å². The summed E-state index contributed by atoms with van der Waals surface area (Å²) in [5.41, 5.74) is 0.460. The number of rotatable bonds is 6. The lowest BCUT2D eigenvalue weighted by atomic mass is 10.1. The van der Waals surface area contributed by atoms with Gasteiger partial charge in [-0.05, 0) is 31.0 Å². The number of ether oxygens (including phenoxy) is 1. The van der Waals surface area contributed by atoms with E-state index in [0.717, 1.165) is 18.6 Å². The SMILES string of the molecule is COCCC(C)NCc1cc(F)c(O)c(F)c1. The van der Waals surface area contributed by atoms with Crippen molar-refractivity contribution in [2.75, 3.05) is 13.7 Å². The molecular formula is C12H17F2NO2. The fourth-order valence-corrected chi connectivity index (χ4v) is 1.41. The molecule has 0 bridgehead atoms. The summed E-state index contributed by atoms with van der Waals surface area (Å²) in [4.78, 5) is 0. The Balaban J connectivity index is 2.52. The minimum Gasteiger partial charge on any atom is -0.503 e. The molecule has 96 valence electrons. The Kier molecular flexibility index (Phi) is 5.31. The van der Waals surface area contributed by atoms with Crippen molar-refractivity contribution in [2.24, 2.45) is 0 Å². The van der Waals surface area contributed by atoms with Crippen molar-refractivity contribution in [3.8, 4) is 5.75 Å². The second-order valence-electron chi connectivity index (χ2n) is 3.97. The van der Waals surface area contributed by atoms with Crippen molar-refractivity contribution < 1.29 is 18.6 Å². The zero-order valence-corrected chi connectivity index (χ0v) is 9.96. The molecule has 0 heterocycles. The summed E-state index contributed by atoms with van der Waals surface area (Å²) in [6.07, 6.45) is 0.819. The topological polar surface area (TPSA) is 41.5 Å². The molecule has 3 nitrogen and oxygen atoms in total. The van der Waals surface area contributed by atoms with Crippen LogP contribution in [0.1, 0.15) is 18.9 Å². The van der Waals surface area contributed by atoms with Gasteiger partial charge in [-0.1, -0.05) is 0 Å². The van der Waals surface area contributed by atoms with E-state index >= 15 is 0 Å². The Morgan fingerprint density at radius 3 is 2.47 bits per heavy atom. The van der Waals surface area contributed by atoms with Gasteiger partial charge in [0.2, 0.25) is 0 Å². The van der Waals surface area contributed by atoms with Crippen LogP contribution in [0.5, 0.6) is 5.75 Å². The van der Waals surface area contributed by atoms with E-state index in [4.69, 9.17) is 9.84 Å². The van der Waals surface area contributed by atoms with Gasteiger partial charge < -0.3 is 15.2 Å². The van der Waals surface area contributed by atoms with Crippen molar-refractivity contribution >= 4 is 0 Å². The van der Waals surface area contributed by atoms with Crippen LogP contribution in [-0.4, -0.2) is 24.9 Å². The maximum atomic E-state index is 13.0. The number of nitrogens with one attached hydrogen (secondary N) is 1. The Labute approximate surface area is 99.4 Å². The Hall–Kier alpha value is -1.20. The largest absolute Gasteiger partial charge is 0.503 e. The molecule has 0 saturated carbocycles. The van der Waals surface area contributed by atoms with Crippen molar-refractivity contribution in [3.63, 3.8) is 0 Å². The molecule has 5 heteroatoms. The number of aromatic hydroxyl groups is 1. The van der Waals surface area contributed by atoms with Crippen molar-refractivity contribution in [3.05, 3.63) is 29.3 Å². The van der Waals surface area contributed by atoms with E-state index < -0.39 is 17.4 Å². The lowest BCUT2D eigenvalue weighted by Crippen LogP contribution is -2.26. The minimum absolute atomic E-state index is 0.190. The second-order valence-corrected chi connectivity index (χ2v) is 3.97. The first kappa shape index (κ1) is 13.9. The molecule has 0 radical (unpaired) electrons. The monoisotopic (exact) mass is 245 g/mol. The molecule has 17 heavy (non-hydrogen) atoms. The van der Waals surface area contributed by atoms with Gasteiger partial charge in [-0.3, -0.25) is 0 Å². The van der Waals surface area contributed by atoms with Gasteiger partial charge in [-0.25, -0.2) is 8.78 Å². The van der Waals surface area contributed by atoms with Gasteiger partial charge >= 0.3 is 0 Å². The molecule has 1 atom stereocenters. The lowest BCUT2D eigenvalue weighted by Gasteiger charge is -2.13. The second kappa shape index (κ2) is 6.51. The average molecular weight is 245 g/mol. The number of phenols is 1. The number of hydrogen-bond donors (Lipinski definition) is 2. The van der Waals surface area contributed by atoms with E-state index in [9.17, 15) is 8.78 Å². The zero-order valence-electron chi connectivity index (χ0n) is 9.96. The summed E-state index contributed by atoms with van der Waals surface area (Å²) >= 11 is 0. The molecule has 0 amide bonds. The quantitative estimate of drug-likeness (QED) is 0.807. The van der Waals surface area contributed by atoms with E-state index in [0.29, 0.717) is 18.7 Å². The number of methoxy groups -OCH3 is 1. The summed E-state index contributed by atoms with van der Waals surface area (Å²) in [7, 11) is 1.62. The Morgan fingerprint density at radius 2 is 1.94 bits per heavy atom. The lowest BCUT2D eigenvalue weighted by molar-refractivity contribution is 0.184. The first-order chi connectivity index (χ1) is 8.04. The Morgan fingerprint density at radius 1 is 1.35 bits per heavy atom. The third-order valence-electron chi connectivity index (χ3n) is 2.49. The fourth-order valence-electron chi connectivity index (χ4n) is 1.41. The van der Waals surface area contributed by atoms with E-state index in [1.807, 2.05) is 6.92 Å². The van der Waals surface area contributed by atoms with Gasteiger partial charge in [-0.15, -0.1) is 0 Å².